The van der Waals surface area contributed by atoms with E-state index < -0.39 is 0 Å². The lowest BCUT2D eigenvalue weighted by molar-refractivity contribution is -0.134. The van der Waals surface area contributed by atoms with Gasteiger partial charge in [0.05, 0.1) is 18.7 Å². The number of benzene rings is 2. The molecule has 1 aliphatic rings. The number of rotatable bonds is 6. The Bertz CT molecular complexity index is 881. The Balaban J connectivity index is 1.52. The highest BCUT2D eigenvalue weighted by Gasteiger charge is 2.28. The molecule has 1 heterocycles. The molecule has 0 aromatic heterocycles. The van der Waals surface area contributed by atoms with Crippen LogP contribution in [0.25, 0.3) is 0 Å². The van der Waals surface area contributed by atoms with Gasteiger partial charge in [-0.2, -0.15) is 5.26 Å². The van der Waals surface area contributed by atoms with Gasteiger partial charge in [-0.05, 0) is 25.0 Å². The number of ketones is 1. The van der Waals surface area contributed by atoms with Crippen molar-refractivity contribution < 1.29 is 19.1 Å². The standard InChI is InChI=1S/C22H22N2O4/c1-27-20-13-16(14-23)7-8-19(20)28-15-21(25)24-11-9-18(10-12-24)22(26)17-5-3-2-4-6-17/h2-8,13,18H,9-12,15H2,1H3. The van der Waals surface area contributed by atoms with E-state index in [1.54, 1.807) is 23.1 Å². The molecular formula is C22H22N2O4. The van der Waals surface area contributed by atoms with E-state index in [1.165, 1.54) is 7.11 Å². The van der Waals surface area contributed by atoms with Crippen LogP contribution in [0.3, 0.4) is 0 Å². The first-order valence-corrected chi connectivity index (χ1v) is 9.20. The van der Waals surface area contributed by atoms with Crippen molar-refractivity contribution >= 4 is 11.7 Å². The Morgan fingerprint density at radius 2 is 1.82 bits per heavy atom. The Kier molecular flexibility index (Phi) is 6.28. The second kappa shape index (κ2) is 9.05. The van der Waals surface area contributed by atoms with Crippen molar-refractivity contribution in [2.75, 3.05) is 26.8 Å². The zero-order valence-corrected chi connectivity index (χ0v) is 15.8. The minimum atomic E-state index is -0.128. The highest BCUT2D eigenvalue weighted by Crippen LogP contribution is 2.28. The Morgan fingerprint density at radius 3 is 2.46 bits per heavy atom. The summed E-state index contributed by atoms with van der Waals surface area (Å²) in [5.41, 5.74) is 1.18. The fraction of sp³-hybridized carbons (Fsp3) is 0.318. The van der Waals surface area contributed by atoms with Crippen LogP contribution in [0.4, 0.5) is 0 Å². The first-order valence-electron chi connectivity index (χ1n) is 9.20. The lowest BCUT2D eigenvalue weighted by Crippen LogP contribution is -2.42. The molecule has 6 nitrogen and oxygen atoms in total. The van der Waals surface area contributed by atoms with Crippen molar-refractivity contribution in [2.45, 2.75) is 12.8 Å². The van der Waals surface area contributed by atoms with Crippen molar-refractivity contribution in [2.24, 2.45) is 5.92 Å². The van der Waals surface area contributed by atoms with Crippen molar-refractivity contribution in [3.63, 3.8) is 0 Å². The van der Waals surface area contributed by atoms with Gasteiger partial charge in [-0.25, -0.2) is 0 Å². The largest absolute Gasteiger partial charge is 0.493 e. The van der Waals surface area contributed by atoms with Crippen LogP contribution < -0.4 is 9.47 Å². The quantitative estimate of drug-likeness (QED) is 0.722. The summed E-state index contributed by atoms with van der Waals surface area (Å²) in [6.07, 6.45) is 1.30. The molecule has 28 heavy (non-hydrogen) atoms. The monoisotopic (exact) mass is 378 g/mol. The molecule has 0 bridgehead atoms. The molecule has 144 valence electrons. The van der Waals surface area contributed by atoms with Gasteiger partial charge in [0.2, 0.25) is 0 Å². The Hall–Kier alpha value is -3.33. The number of piperidine rings is 1. The average Bonchev–Trinajstić information content (AvgIpc) is 2.77. The number of nitrogens with zero attached hydrogens (tertiary/aromatic N) is 2. The molecule has 1 fully saturated rings. The second-order valence-corrected chi connectivity index (χ2v) is 6.65. The third kappa shape index (κ3) is 4.49. The lowest BCUT2D eigenvalue weighted by Gasteiger charge is -2.31. The first-order chi connectivity index (χ1) is 13.6. The average molecular weight is 378 g/mol. The highest BCUT2D eigenvalue weighted by atomic mass is 16.5. The van der Waals surface area contributed by atoms with Gasteiger partial charge in [0.1, 0.15) is 0 Å². The Labute approximate surface area is 164 Å². The van der Waals surface area contributed by atoms with Crippen LogP contribution in [0.2, 0.25) is 0 Å². The third-order valence-corrected chi connectivity index (χ3v) is 4.92. The normalized spacial score (nSPS) is 14.2. The number of likely N-dealkylation sites (tertiary alicyclic amines) is 1. The number of methoxy groups -OCH3 is 1. The molecule has 3 rings (SSSR count). The third-order valence-electron chi connectivity index (χ3n) is 4.92. The van der Waals surface area contributed by atoms with E-state index in [2.05, 4.69) is 0 Å². The lowest BCUT2D eigenvalue weighted by atomic mass is 9.89. The van der Waals surface area contributed by atoms with Gasteiger partial charge in [-0.3, -0.25) is 9.59 Å². The Morgan fingerprint density at radius 1 is 1.11 bits per heavy atom. The van der Waals surface area contributed by atoms with Gasteiger partial charge in [-0.1, -0.05) is 30.3 Å². The summed E-state index contributed by atoms with van der Waals surface area (Å²) in [6.45, 7) is 0.964. The maximum atomic E-state index is 12.5. The smallest absolute Gasteiger partial charge is 0.260 e. The minimum absolute atomic E-state index is 0.0500. The van der Waals surface area contributed by atoms with Crippen molar-refractivity contribution in [1.29, 1.82) is 5.26 Å². The summed E-state index contributed by atoms with van der Waals surface area (Å²) in [5, 5.41) is 8.94. The van der Waals surface area contributed by atoms with Gasteiger partial charge < -0.3 is 14.4 Å². The molecule has 0 spiro atoms. The maximum Gasteiger partial charge on any atom is 0.260 e. The molecular weight excluding hydrogens is 356 g/mol. The predicted octanol–water partition coefficient (Wildman–Crippen LogP) is 3.07. The van der Waals surface area contributed by atoms with Crippen molar-refractivity contribution in [3.05, 3.63) is 59.7 Å². The van der Waals surface area contributed by atoms with E-state index in [1.807, 2.05) is 36.4 Å². The second-order valence-electron chi connectivity index (χ2n) is 6.65. The van der Waals surface area contributed by atoms with Gasteiger partial charge >= 0.3 is 0 Å². The summed E-state index contributed by atoms with van der Waals surface area (Å²) >= 11 is 0. The number of hydrogen-bond acceptors (Lipinski definition) is 5. The van der Waals surface area contributed by atoms with E-state index in [0.29, 0.717) is 43.0 Å². The molecule has 0 aliphatic carbocycles. The molecule has 2 aromatic rings. The van der Waals surface area contributed by atoms with Crippen LogP contribution in [-0.4, -0.2) is 43.4 Å². The molecule has 1 saturated heterocycles. The van der Waals surface area contributed by atoms with Crippen molar-refractivity contribution in [3.8, 4) is 17.6 Å². The molecule has 1 aliphatic heterocycles. The highest BCUT2D eigenvalue weighted by molar-refractivity contribution is 5.98. The van der Waals surface area contributed by atoms with E-state index in [4.69, 9.17) is 14.7 Å². The van der Waals surface area contributed by atoms with Crippen LogP contribution >= 0.6 is 0 Å². The summed E-state index contributed by atoms with van der Waals surface area (Å²) in [7, 11) is 1.49. The fourth-order valence-corrected chi connectivity index (χ4v) is 3.32. The first kappa shape index (κ1) is 19.4. The number of amides is 1. The van der Waals surface area contributed by atoms with E-state index >= 15 is 0 Å². The summed E-state index contributed by atoms with van der Waals surface area (Å²) < 4.78 is 10.8. The number of hydrogen-bond donors (Lipinski definition) is 0. The van der Waals surface area contributed by atoms with Crippen LogP contribution in [0.15, 0.2) is 48.5 Å². The maximum absolute atomic E-state index is 12.5. The zero-order valence-electron chi connectivity index (χ0n) is 15.8. The minimum Gasteiger partial charge on any atom is -0.493 e. The molecule has 0 N–H and O–H groups in total. The van der Waals surface area contributed by atoms with Gasteiger partial charge in [0, 0.05) is 30.6 Å². The summed E-state index contributed by atoms with van der Waals surface area (Å²) in [6, 6.07) is 16.1. The molecule has 0 atom stereocenters. The zero-order chi connectivity index (χ0) is 19.9. The topological polar surface area (TPSA) is 79.6 Å². The fourth-order valence-electron chi connectivity index (χ4n) is 3.32. The van der Waals surface area contributed by atoms with Crippen LogP contribution in [0, 0.1) is 17.2 Å². The summed E-state index contributed by atoms with van der Waals surface area (Å²) in [4.78, 5) is 26.7. The predicted molar refractivity (Wildman–Crippen MR) is 103 cm³/mol. The van der Waals surface area contributed by atoms with Gasteiger partial charge in [0.25, 0.3) is 5.91 Å². The molecule has 0 saturated carbocycles. The van der Waals surface area contributed by atoms with E-state index in [0.717, 1.165) is 5.56 Å². The number of carbonyl (C=O) groups excluding carboxylic acids is 2. The number of ether oxygens (including phenoxy) is 2. The van der Waals surface area contributed by atoms with Crippen LogP contribution in [0.1, 0.15) is 28.8 Å². The SMILES string of the molecule is COc1cc(C#N)ccc1OCC(=O)N1CCC(C(=O)c2ccccc2)CC1. The molecule has 0 unspecified atom stereocenters. The number of nitriles is 1. The van der Waals surface area contributed by atoms with Gasteiger partial charge in [0.15, 0.2) is 23.9 Å². The van der Waals surface area contributed by atoms with E-state index in [9.17, 15) is 9.59 Å². The molecule has 2 aromatic carbocycles. The summed E-state index contributed by atoms with van der Waals surface area (Å²) in [5.74, 6) is 0.803. The number of Topliss-reactive ketones (excluding diaryl/α,β-unsaturated/α-hetero) is 1. The molecule has 1 amide bonds. The van der Waals surface area contributed by atoms with Crippen molar-refractivity contribution in [1.82, 2.24) is 4.90 Å². The van der Waals surface area contributed by atoms with E-state index in [-0.39, 0.29) is 24.2 Å². The van der Waals surface area contributed by atoms with Crippen LogP contribution in [-0.2, 0) is 4.79 Å². The number of carbonyl (C=O) groups is 2. The molecule has 6 heteroatoms. The van der Waals surface area contributed by atoms with Crippen LogP contribution in [0.5, 0.6) is 11.5 Å². The van der Waals surface area contributed by atoms with Gasteiger partial charge in [-0.15, -0.1) is 0 Å². The molecule has 0 radical (unpaired) electrons.